The number of alkyl halides is 3. The van der Waals surface area contributed by atoms with Gasteiger partial charge in [0.2, 0.25) is 10.0 Å². The van der Waals surface area contributed by atoms with E-state index in [-0.39, 0.29) is 10.9 Å². The summed E-state index contributed by atoms with van der Waals surface area (Å²) in [7, 11) is -4.46. The first-order valence-corrected chi connectivity index (χ1v) is 13.3. The molecule has 2 aliphatic carbocycles. The molecule has 2 saturated carbocycles. The molecular formula is C25H27F3N4O3S. The van der Waals surface area contributed by atoms with Crippen LogP contribution in [0.15, 0.2) is 41.4 Å². The second kappa shape index (κ2) is 8.31. The van der Waals surface area contributed by atoms with Crippen molar-refractivity contribution in [3.63, 3.8) is 0 Å². The highest BCUT2D eigenvalue weighted by Gasteiger charge is 2.49. The smallest absolute Gasteiger partial charge is 0.366 e. The fraction of sp³-hybridized carbons (Fsp3) is 0.440. The number of fused-ring (bicyclic) bond motifs is 1. The Labute approximate surface area is 206 Å². The maximum atomic E-state index is 13.2. The number of sulfonamides is 1. The van der Waals surface area contributed by atoms with E-state index in [9.17, 15) is 26.4 Å². The predicted molar refractivity (Wildman–Crippen MR) is 129 cm³/mol. The Morgan fingerprint density at radius 1 is 1.11 bits per heavy atom. The molecule has 2 fully saturated rings. The van der Waals surface area contributed by atoms with E-state index in [1.807, 2.05) is 16.8 Å². The number of benzene rings is 1. The molecule has 0 spiro atoms. The van der Waals surface area contributed by atoms with Gasteiger partial charge >= 0.3 is 6.18 Å². The third-order valence-corrected chi connectivity index (χ3v) is 8.81. The Balaban J connectivity index is 1.61. The first-order chi connectivity index (χ1) is 16.8. The van der Waals surface area contributed by atoms with Crippen LogP contribution in [0.2, 0.25) is 0 Å². The number of hydrogen-bond acceptors (Lipinski definition) is 4. The number of amides is 1. The number of nitrogens with zero attached hydrogens (tertiary/aromatic N) is 2. The summed E-state index contributed by atoms with van der Waals surface area (Å²) in [5.41, 5.74) is 6.32. The standard InChI is InChI=1S/C25H27F3N4O3S/c1-24(2,25(26,27)28)31-36(34,35)18-10-8-15(9-11-18)21-20(22(29)33)19-12-16(14-6-7-14)13-30-23(19)32(21)17-4-3-5-17/h8-14,17,31H,3-7H2,1-2H3,(H2,29,33). The molecule has 5 rings (SSSR count). The summed E-state index contributed by atoms with van der Waals surface area (Å²) in [6.07, 6.45) is 2.07. The van der Waals surface area contributed by atoms with E-state index in [0.29, 0.717) is 33.8 Å². The van der Waals surface area contributed by atoms with Crippen LogP contribution < -0.4 is 10.5 Å². The lowest BCUT2D eigenvalue weighted by Crippen LogP contribution is -2.54. The van der Waals surface area contributed by atoms with Crippen molar-refractivity contribution < 1.29 is 26.4 Å². The van der Waals surface area contributed by atoms with Gasteiger partial charge in [-0.2, -0.15) is 17.9 Å². The number of halogens is 3. The zero-order valence-electron chi connectivity index (χ0n) is 19.9. The number of carbonyl (C=O) groups excluding carboxylic acids is 1. The molecule has 0 bridgehead atoms. The van der Waals surface area contributed by atoms with Crippen LogP contribution in [0, 0.1) is 0 Å². The molecule has 1 amide bonds. The van der Waals surface area contributed by atoms with Gasteiger partial charge in [0, 0.05) is 17.6 Å². The molecule has 0 aliphatic heterocycles. The molecule has 2 aliphatic rings. The van der Waals surface area contributed by atoms with E-state index < -0.39 is 27.6 Å². The summed E-state index contributed by atoms with van der Waals surface area (Å²) in [4.78, 5) is 17.1. The molecule has 1 aromatic carbocycles. The fourth-order valence-electron chi connectivity index (χ4n) is 4.62. The van der Waals surface area contributed by atoms with Crippen molar-refractivity contribution in [3.05, 3.63) is 47.7 Å². The van der Waals surface area contributed by atoms with Gasteiger partial charge in [-0.3, -0.25) is 4.79 Å². The van der Waals surface area contributed by atoms with Crippen LogP contribution in [0.25, 0.3) is 22.3 Å². The highest BCUT2D eigenvalue weighted by Crippen LogP contribution is 2.45. The fourth-order valence-corrected chi connectivity index (χ4v) is 6.02. The SMILES string of the molecule is CC(C)(NS(=O)(=O)c1ccc(-c2c(C(N)=O)c3cc(C4CC4)cnc3n2C2CCC2)cc1)C(F)(F)F. The number of pyridine rings is 1. The van der Waals surface area contributed by atoms with Crippen molar-refractivity contribution in [1.29, 1.82) is 0 Å². The highest BCUT2D eigenvalue weighted by atomic mass is 32.2. The van der Waals surface area contributed by atoms with Gasteiger partial charge in [-0.1, -0.05) is 12.1 Å². The summed E-state index contributed by atoms with van der Waals surface area (Å²) in [6, 6.07) is 7.55. The third kappa shape index (κ3) is 4.17. The van der Waals surface area contributed by atoms with Gasteiger partial charge in [0.15, 0.2) is 0 Å². The largest absolute Gasteiger partial charge is 0.407 e. The molecule has 0 saturated heterocycles. The Morgan fingerprint density at radius 3 is 2.25 bits per heavy atom. The molecule has 0 atom stereocenters. The highest BCUT2D eigenvalue weighted by molar-refractivity contribution is 7.89. The lowest BCUT2D eigenvalue weighted by atomic mass is 9.92. The van der Waals surface area contributed by atoms with Crippen LogP contribution in [-0.4, -0.2) is 35.6 Å². The molecule has 3 aromatic rings. The number of primary amides is 1. The monoisotopic (exact) mass is 520 g/mol. The average molecular weight is 521 g/mol. The van der Waals surface area contributed by atoms with Crippen molar-refractivity contribution >= 4 is 27.0 Å². The molecule has 0 radical (unpaired) electrons. The maximum Gasteiger partial charge on any atom is 0.407 e. The molecule has 2 aromatic heterocycles. The average Bonchev–Trinajstić information content (AvgIpc) is 3.54. The molecule has 3 N–H and O–H groups in total. The predicted octanol–water partition coefficient (Wildman–Crippen LogP) is 5.02. The van der Waals surface area contributed by atoms with Crippen LogP contribution in [0.1, 0.15) is 73.8 Å². The van der Waals surface area contributed by atoms with Gasteiger partial charge in [0.25, 0.3) is 5.91 Å². The van der Waals surface area contributed by atoms with E-state index >= 15 is 0 Å². The second-order valence-electron chi connectivity index (χ2n) is 10.2. The first kappa shape index (κ1) is 24.8. The van der Waals surface area contributed by atoms with Crippen molar-refractivity contribution in [2.45, 2.75) is 74.5 Å². The number of nitrogens with two attached hydrogens (primary N) is 1. The second-order valence-corrected chi connectivity index (χ2v) is 11.9. The Morgan fingerprint density at radius 2 is 1.75 bits per heavy atom. The van der Waals surface area contributed by atoms with Gasteiger partial charge in [-0.15, -0.1) is 0 Å². The van der Waals surface area contributed by atoms with Crippen molar-refractivity contribution in [2.24, 2.45) is 5.73 Å². The molecule has 2 heterocycles. The zero-order valence-corrected chi connectivity index (χ0v) is 20.7. The van der Waals surface area contributed by atoms with Crippen molar-refractivity contribution in [2.75, 3.05) is 0 Å². The molecule has 7 nitrogen and oxygen atoms in total. The summed E-state index contributed by atoms with van der Waals surface area (Å²) < 4.78 is 68.9. The molecule has 11 heteroatoms. The molecule has 0 unspecified atom stereocenters. The van der Waals surface area contributed by atoms with Crippen LogP contribution in [0.4, 0.5) is 13.2 Å². The van der Waals surface area contributed by atoms with Crippen LogP contribution in [-0.2, 0) is 10.0 Å². The van der Waals surface area contributed by atoms with Crippen LogP contribution >= 0.6 is 0 Å². The molecule has 192 valence electrons. The van der Waals surface area contributed by atoms with E-state index in [1.54, 1.807) is 4.72 Å². The number of nitrogens with one attached hydrogen (secondary N) is 1. The van der Waals surface area contributed by atoms with Crippen LogP contribution in [0.3, 0.4) is 0 Å². The van der Waals surface area contributed by atoms with Crippen molar-refractivity contribution in [1.82, 2.24) is 14.3 Å². The normalized spacial score (nSPS) is 17.4. The van der Waals surface area contributed by atoms with Crippen molar-refractivity contribution in [3.8, 4) is 11.3 Å². The van der Waals surface area contributed by atoms with E-state index in [1.165, 1.54) is 24.3 Å². The maximum absolute atomic E-state index is 13.2. The van der Waals surface area contributed by atoms with Crippen LogP contribution in [0.5, 0.6) is 0 Å². The summed E-state index contributed by atoms with van der Waals surface area (Å²) in [6.45, 7) is 1.52. The topological polar surface area (TPSA) is 107 Å². The number of carbonyl (C=O) groups is 1. The van der Waals surface area contributed by atoms with E-state index in [2.05, 4.69) is 0 Å². The third-order valence-electron chi connectivity index (χ3n) is 7.13. The lowest BCUT2D eigenvalue weighted by molar-refractivity contribution is -0.180. The number of hydrogen-bond donors (Lipinski definition) is 2. The number of aromatic nitrogens is 2. The van der Waals surface area contributed by atoms with E-state index in [0.717, 1.165) is 51.5 Å². The van der Waals surface area contributed by atoms with Gasteiger partial charge in [0.1, 0.15) is 11.2 Å². The first-order valence-electron chi connectivity index (χ1n) is 11.8. The molecule has 36 heavy (non-hydrogen) atoms. The quantitative estimate of drug-likeness (QED) is 0.456. The Kier molecular flexibility index (Phi) is 5.71. The molecular weight excluding hydrogens is 493 g/mol. The minimum Gasteiger partial charge on any atom is -0.366 e. The summed E-state index contributed by atoms with van der Waals surface area (Å²) >= 11 is 0. The van der Waals surface area contributed by atoms with Gasteiger partial charge < -0.3 is 10.3 Å². The Hall–Kier alpha value is -2.92. The minimum absolute atomic E-state index is 0.118. The zero-order chi connectivity index (χ0) is 26.0. The summed E-state index contributed by atoms with van der Waals surface area (Å²) in [5, 5.41) is 0.666. The van der Waals surface area contributed by atoms with Gasteiger partial charge in [0.05, 0.1) is 16.2 Å². The van der Waals surface area contributed by atoms with E-state index in [4.69, 9.17) is 10.7 Å². The summed E-state index contributed by atoms with van der Waals surface area (Å²) in [5.74, 6) is -0.191. The number of rotatable bonds is 7. The Bertz CT molecular complexity index is 1450. The van der Waals surface area contributed by atoms with Gasteiger partial charge in [-0.05, 0) is 81.2 Å². The van der Waals surface area contributed by atoms with Gasteiger partial charge in [-0.25, -0.2) is 13.4 Å². The lowest BCUT2D eigenvalue weighted by Gasteiger charge is -2.30. The minimum atomic E-state index is -4.77.